The Morgan fingerprint density at radius 2 is 1.43 bits per heavy atom. The van der Waals surface area contributed by atoms with E-state index in [1.807, 2.05) is 77.7 Å². The molecule has 5 heteroatoms. The molecular formula is C30H30N4O. The Labute approximate surface area is 207 Å². The maximum absolute atomic E-state index is 13.4. The lowest BCUT2D eigenvalue weighted by molar-refractivity contribution is 0.0733. The smallest absolute Gasteiger partial charge is 0.254 e. The predicted octanol–water partition coefficient (Wildman–Crippen LogP) is 5.85. The lowest BCUT2D eigenvalue weighted by atomic mass is 10.0. The molecule has 3 aromatic carbocycles. The number of nitrogens with zero attached hydrogens (tertiary/aromatic N) is 4. The molecule has 1 aromatic heterocycles. The van der Waals surface area contributed by atoms with Crippen molar-refractivity contribution in [2.75, 3.05) is 18.5 Å². The first-order valence-corrected chi connectivity index (χ1v) is 12.1. The Morgan fingerprint density at radius 3 is 2.06 bits per heavy atom. The Balaban J connectivity index is 1.44. The second-order valence-electron chi connectivity index (χ2n) is 9.29. The second kappa shape index (κ2) is 9.71. The van der Waals surface area contributed by atoms with Crippen LogP contribution >= 0.6 is 0 Å². The first-order valence-electron chi connectivity index (χ1n) is 12.1. The van der Waals surface area contributed by atoms with Gasteiger partial charge >= 0.3 is 0 Å². The molecule has 0 N–H and O–H groups in total. The zero-order chi connectivity index (χ0) is 24.4. The van der Waals surface area contributed by atoms with Crippen molar-refractivity contribution in [1.29, 1.82) is 0 Å². The molecule has 1 amide bonds. The van der Waals surface area contributed by atoms with Crippen molar-refractivity contribution < 1.29 is 4.79 Å². The average molecular weight is 463 g/mol. The molecule has 0 fully saturated rings. The number of benzene rings is 3. The van der Waals surface area contributed by atoms with Crippen LogP contribution in [-0.4, -0.2) is 40.4 Å². The van der Waals surface area contributed by atoms with Crippen LogP contribution in [0.25, 0.3) is 22.5 Å². The molecule has 0 unspecified atom stereocenters. The Bertz CT molecular complexity index is 1320. The third-order valence-electron chi connectivity index (χ3n) is 6.71. The minimum Gasteiger partial charge on any atom is -0.357 e. The fourth-order valence-electron chi connectivity index (χ4n) is 4.44. The largest absolute Gasteiger partial charge is 0.357 e. The van der Waals surface area contributed by atoms with Crippen molar-refractivity contribution in [1.82, 2.24) is 14.9 Å². The van der Waals surface area contributed by atoms with E-state index in [0.717, 1.165) is 39.6 Å². The van der Waals surface area contributed by atoms with Crippen molar-refractivity contribution in [3.8, 4) is 22.5 Å². The maximum Gasteiger partial charge on any atom is 0.254 e. The number of aromatic nitrogens is 2. The van der Waals surface area contributed by atoms with E-state index in [4.69, 9.17) is 9.97 Å². The Hall–Kier alpha value is -3.99. The fourth-order valence-corrected chi connectivity index (χ4v) is 4.44. The fraction of sp³-hybridized carbons (Fsp3) is 0.233. The highest BCUT2D eigenvalue weighted by Crippen LogP contribution is 2.31. The van der Waals surface area contributed by atoms with E-state index in [1.165, 1.54) is 0 Å². The van der Waals surface area contributed by atoms with Gasteiger partial charge in [0.25, 0.3) is 5.91 Å². The van der Waals surface area contributed by atoms with E-state index in [-0.39, 0.29) is 11.9 Å². The van der Waals surface area contributed by atoms with Crippen molar-refractivity contribution in [3.63, 3.8) is 0 Å². The van der Waals surface area contributed by atoms with Crippen LogP contribution < -0.4 is 4.90 Å². The number of carbonyl (C=O) groups excluding carboxylic acids is 1. The highest BCUT2D eigenvalue weighted by Gasteiger charge is 2.28. The molecule has 1 aliphatic heterocycles. The van der Waals surface area contributed by atoms with Crippen molar-refractivity contribution in [3.05, 3.63) is 102 Å². The number of fused-ring (bicyclic) bond motifs is 1. The van der Waals surface area contributed by atoms with Crippen LogP contribution in [-0.2, 0) is 13.0 Å². The van der Waals surface area contributed by atoms with Gasteiger partial charge in [-0.2, -0.15) is 0 Å². The van der Waals surface area contributed by atoms with Gasteiger partial charge in [-0.05, 0) is 37.1 Å². The summed E-state index contributed by atoms with van der Waals surface area (Å²) in [6.45, 7) is 5.45. The van der Waals surface area contributed by atoms with Crippen molar-refractivity contribution >= 4 is 11.7 Å². The summed E-state index contributed by atoms with van der Waals surface area (Å²) < 4.78 is 0. The highest BCUT2D eigenvalue weighted by molar-refractivity contribution is 5.95. The maximum atomic E-state index is 13.4. The van der Waals surface area contributed by atoms with Gasteiger partial charge in [0, 0.05) is 42.7 Å². The van der Waals surface area contributed by atoms with Crippen LogP contribution in [0.3, 0.4) is 0 Å². The molecule has 4 aromatic rings. The Morgan fingerprint density at radius 1 is 0.829 bits per heavy atom. The van der Waals surface area contributed by atoms with E-state index in [0.29, 0.717) is 25.1 Å². The molecule has 2 heterocycles. The van der Waals surface area contributed by atoms with Crippen LogP contribution in [0.5, 0.6) is 0 Å². The van der Waals surface area contributed by atoms with Crippen LogP contribution in [0.2, 0.25) is 0 Å². The average Bonchev–Trinajstić information content (AvgIpc) is 2.92. The summed E-state index contributed by atoms with van der Waals surface area (Å²) in [5.41, 5.74) is 6.03. The summed E-state index contributed by atoms with van der Waals surface area (Å²) in [7, 11) is 2.06. The van der Waals surface area contributed by atoms with Gasteiger partial charge in [-0.15, -0.1) is 0 Å². The first kappa shape index (κ1) is 22.8. The number of amides is 1. The molecule has 0 atom stereocenters. The van der Waals surface area contributed by atoms with E-state index in [9.17, 15) is 4.79 Å². The number of anilines is 1. The third kappa shape index (κ3) is 4.67. The zero-order valence-electron chi connectivity index (χ0n) is 20.5. The molecule has 0 bridgehead atoms. The summed E-state index contributed by atoms with van der Waals surface area (Å²) in [4.78, 5) is 27.4. The third-order valence-corrected chi connectivity index (χ3v) is 6.71. The summed E-state index contributed by atoms with van der Waals surface area (Å²) in [6, 6.07) is 28.5. The predicted molar refractivity (Wildman–Crippen MR) is 141 cm³/mol. The topological polar surface area (TPSA) is 49.3 Å². The van der Waals surface area contributed by atoms with Crippen molar-refractivity contribution in [2.24, 2.45) is 0 Å². The van der Waals surface area contributed by atoms with Crippen molar-refractivity contribution in [2.45, 2.75) is 32.9 Å². The number of rotatable bonds is 5. The quantitative estimate of drug-likeness (QED) is 0.373. The van der Waals surface area contributed by atoms with Crippen LogP contribution in [0.15, 0.2) is 84.9 Å². The molecule has 0 spiro atoms. The minimum absolute atomic E-state index is 0.0422. The molecule has 5 nitrogen and oxygen atoms in total. The SMILES string of the molecule is CC(C)N(C)c1nc(-c2ccccc2)nc2c1CN(C(=O)c1ccc(-c3ccccc3)cc1)CC2. The number of carbonyl (C=O) groups is 1. The molecule has 0 saturated carbocycles. The second-order valence-corrected chi connectivity index (χ2v) is 9.29. The van der Waals surface area contributed by atoms with Gasteiger partial charge in [-0.3, -0.25) is 4.79 Å². The summed E-state index contributed by atoms with van der Waals surface area (Å²) >= 11 is 0. The van der Waals surface area contributed by atoms with E-state index in [2.05, 4.69) is 37.9 Å². The minimum atomic E-state index is 0.0422. The normalized spacial score (nSPS) is 13.0. The Kier molecular flexibility index (Phi) is 6.32. The molecular weight excluding hydrogens is 432 g/mol. The van der Waals surface area contributed by atoms with Gasteiger partial charge in [0.1, 0.15) is 5.82 Å². The molecule has 5 rings (SSSR count). The summed E-state index contributed by atoms with van der Waals surface area (Å²) in [5.74, 6) is 1.68. The van der Waals surface area contributed by atoms with E-state index in [1.54, 1.807) is 0 Å². The molecule has 0 saturated heterocycles. The standard InChI is InChI=1S/C30H30N4O/c1-21(2)33(3)29-26-20-34(19-18-27(26)31-28(32-29)24-12-8-5-9-13-24)30(35)25-16-14-23(15-17-25)22-10-6-4-7-11-22/h4-17,21H,18-20H2,1-3H3. The van der Waals surface area contributed by atoms with Crippen LogP contribution in [0.1, 0.15) is 35.5 Å². The van der Waals surface area contributed by atoms with Gasteiger partial charge in [0.05, 0.1) is 12.2 Å². The summed E-state index contributed by atoms with van der Waals surface area (Å²) in [5, 5.41) is 0. The van der Waals surface area contributed by atoms with Gasteiger partial charge in [0.2, 0.25) is 0 Å². The van der Waals surface area contributed by atoms with Gasteiger partial charge in [-0.25, -0.2) is 9.97 Å². The molecule has 176 valence electrons. The lowest BCUT2D eigenvalue weighted by Gasteiger charge is -2.33. The monoisotopic (exact) mass is 462 g/mol. The number of hydrogen-bond donors (Lipinski definition) is 0. The van der Waals surface area contributed by atoms with Gasteiger partial charge in [-0.1, -0.05) is 72.8 Å². The lowest BCUT2D eigenvalue weighted by Crippen LogP contribution is -2.38. The highest BCUT2D eigenvalue weighted by atomic mass is 16.2. The van der Waals surface area contributed by atoms with Gasteiger partial charge in [0.15, 0.2) is 5.82 Å². The molecule has 0 aliphatic carbocycles. The molecule has 1 aliphatic rings. The molecule has 35 heavy (non-hydrogen) atoms. The molecule has 0 radical (unpaired) electrons. The van der Waals surface area contributed by atoms with E-state index < -0.39 is 0 Å². The zero-order valence-corrected chi connectivity index (χ0v) is 20.5. The first-order chi connectivity index (χ1) is 17.0. The summed E-state index contributed by atoms with van der Waals surface area (Å²) in [6.07, 6.45) is 0.713. The number of hydrogen-bond acceptors (Lipinski definition) is 4. The van der Waals surface area contributed by atoms with E-state index >= 15 is 0 Å². The van der Waals surface area contributed by atoms with Crippen LogP contribution in [0, 0.1) is 0 Å². The van der Waals surface area contributed by atoms with Crippen LogP contribution in [0.4, 0.5) is 5.82 Å². The van der Waals surface area contributed by atoms with Gasteiger partial charge < -0.3 is 9.80 Å².